The lowest BCUT2D eigenvalue weighted by Gasteiger charge is -2.06. The molecular formula is C26H18O2. The topological polar surface area (TPSA) is 26.3 Å². The van der Waals surface area contributed by atoms with E-state index in [4.69, 9.17) is 4.74 Å². The fourth-order valence-electron chi connectivity index (χ4n) is 3.76. The molecule has 0 bridgehead atoms. The minimum atomic E-state index is -0.199. The normalized spacial score (nSPS) is 12.5. The van der Waals surface area contributed by atoms with Crippen LogP contribution in [0.5, 0.6) is 0 Å². The van der Waals surface area contributed by atoms with Gasteiger partial charge in [-0.2, -0.15) is 0 Å². The third kappa shape index (κ3) is 2.89. The highest BCUT2D eigenvalue weighted by Gasteiger charge is 2.18. The largest absolute Gasteiger partial charge is 0.457 e. The zero-order valence-electron chi connectivity index (χ0n) is 15.3. The average Bonchev–Trinajstić information content (AvgIpc) is 3.14. The molecule has 1 aliphatic rings. The zero-order valence-corrected chi connectivity index (χ0v) is 15.3. The number of ether oxygens (including phenoxy) is 1. The molecule has 0 amide bonds. The van der Waals surface area contributed by atoms with Gasteiger partial charge >= 0.3 is 5.97 Å². The molecule has 0 fully saturated rings. The fraction of sp³-hybridized carbons (Fsp3) is 0.0385. The van der Waals surface area contributed by atoms with Crippen LogP contribution in [-0.4, -0.2) is 5.97 Å². The van der Waals surface area contributed by atoms with E-state index in [0.717, 1.165) is 5.56 Å². The van der Waals surface area contributed by atoms with Crippen LogP contribution in [0.4, 0.5) is 0 Å². The Morgan fingerprint density at radius 2 is 1.21 bits per heavy atom. The molecule has 0 N–H and O–H groups in total. The Morgan fingerprint density at radius 3 is 2.04 bits per heavy atom. The summed E-state index contributed by atoms with van der Waals surface area (Å²) in [4.78, 5) is 10.8. The monoisotopic (exact) mass is 362 g/mol. The predicted molar refractivity (Wildman–Crippen MR) is 115 cm³/mol. The van der Waals surface area contributed by atoms with Crippen molar-refractivity contribution in [2.24, 2.45) is 0 Å². The second-order valence-corrected chi connectivity index (χ2v) is 6.94. The van der Waals surface area contributed by atoms with Crippen molar-refractivity contribution < 1.29 is 9.53 Å². The summed E-state index contributed by atoms with van der Waals surface area (Å²) >= 11 is 0. The molecule has 0 spiro atoms. The van der Waals surface area contributed by atoms with Gasteiger partial charge in [-0.15, -0.1) is 0 Å². The van der Waals surface area contributed by atoms with Crippen molar-refractivity contribution in [3.05, 3.63) is 108 Å². The van der Waals surface area contributed by atoms with E-state index < -0.39 is 0 Å². The molecule has 5 aromatic rings. The fourth-order valence-corrected chi connectivity index (χ4v) is 3.76. The quantitative estimate of drug-likeness (QED) is 0.178. The van der Waals surface area contributed by atoms with Gasteiger partial charge in [0.2, 0.25) is 0 Å². The first-order valence-electron chi connectivity index (χ1n) is 9.35. The second-order valence-electron chi connectivity index (χ2n) is 6.94. The summed E-state index contributed by atoms with van der Waals surface area (Å²) < 4.78 is 4.78. The van der Waals surface area contributed by atoms with Crippen LogP contribution in [0.1, 0.15) is 15.9 Å². The van der Waals surface area contributed by atoms with E-state index in [1.165, 1.54) is 32.3 Å². The van der Waals surface area contributed by atoms with Crippen LogP contribution in [0.15, 0.2) is 97.1 Å². The average molecular weight is 362 g/mol. The number of benzene rings is 5. The van der Waals surface area contributed by atoms with Gasteiger partial charge in [-0.05, 0) is 50.5 Å². The van der Waals surface area contributed by atoms with Gasteiger partial charge in [-0.25, -0.2) is 4.79 Å². The molecule has 0 aliphatic carbocycles. The second kappa shape index (κ2) is 6.82. The summed E-state index contributed by atoms with van der Waals surface area (Å²) in [5, 5.41) is 7.90. The molecule has 2 nitrogen and oxygen atoms in total. The highest BCUT2D eigenvalue weighted by Crippen LogP contribution is 2.29. The molecule has 0 saturated heterocycles. The Hall–Kier alpha value is -3.65. The van der Waals surface area contributed by atoms with Crippen LogP contribution in [0.2, 0.25) is 0 Å². The first kappa shape index (κ1) is 16.5. The van der Waals surface area contributed by atoms with E-state index in [0.29, 0.717) is 12.2 Å². The van der Waals surface area contributed by atoms with Gasteiger partial charge in [-0.3, -0.25) is 0 Å². The number of carbonyl (C=O) groups excluding carboxylic acids is 1. The summed E-state index contributed by atoms with van der Waals surface area (Å²) in [6.07, 6.45) is 0. The van der Waals surface area contributed by atoms with Crippen molar-refractivity contribution in [3.8, 4) is 0 Å². The molecule has 5 aromatic carbocycles. The lowest BCUT2D eigenvalue weighted by Crippen LogP contribution is -1.91. The predicted octanol–water partition coefficient (Wildman–Crippen LogP) is 6.50. The van der Waals surface area contributed by atoms with Gasteiger partial charge in [0.25, 0.3) is 0 Å². The molecule has 1 aliphatic heterocycles. The summed E-state index contributed by atoms with van der Waals surface area (Å²) in [6.45, 7) is 0.439. The van der Waals surface area contributed by atoms with Crippen LogP contribution < -0.4 is 0 Å². The first-order valence-corrected chi connectivity index (χ1v) is 9.35. The van der Waals surface area contributed by atoms with Crippen LogP contribution in [0.25, 0.3) is 32.3 Å². The van der Waals surface area contributed by atoms with Gasteiger partial charge in [0.1, 0.15) is 6.61 Å². The molecule has 1 heterocycles. The minimum absolute atomic E-state index is 0.199. The van der Waals surface area contributed by atoms with E-state index in [1.54, 1.807) is 6.07 Å². The SMILES string of the molecule is O=C1OCc2ccccc21.c1ccc2cc3c(ccc4ccccc43)cc2c1. The highest BCUT2D eigenvalue weighted by atomic mass is 16.5. The van der Waals surface area contributed by atoms with Crippen LogP contribution in [0, 0.1) is 0 Å². The van der Waals surface area contributed by atoms with Crippen molar-refractivity contribution in [1.29, 1.82) is 0 Å². The van der Waals surface area contributed by atoms with Crippen LogP contribution in [-0.2, 0) is 11.3 Å². The standard InChI is InChI=1S/C18H12.C8H6O2/c1-2-7-15-12-18-16(11-14(15)6-1)10-9-13-5-3-4-8-17(13)18;9-8-7-4-2-1-3-6(7)5-10-8/h1-12H;1-4H,5H2. The van der Waals surface area contributed by atoms with Crippen molar-refractivity contribution in [3.63, 3.8) is 0 Å². The van der Waals surface area contributed by atoms with Gasteiger partial charge in [0.05, 0.1) is 5.56 Å². The van der Waals surface area contributed by atoms with Gasteiger partial charge in [0, 0.05) is 5.56 Å². The summed E-state index contributed by atoms with van der Waals surface area (Å²) in [5.41, 5.74) is 1.70. The smallest absolute Gasteiger partial charge is 0.338 e. The number of hydrogen-bond donors (Lipinski definition) is 0. The number of cyclic esters (lactones) is 1. The number of hydrogen-bond acceptors (Lipinski definition) is 2. The van der Waals surface area contributed by atoms with Gasteiger partial charge in [-0.1, -0.05) is 78.9 Å². The maximum absolute atomic E-state index is 10.8. The maximum atomic E-state index is 10.8. The molecule has 6 rings (SSSR count). The Kier molecular flexibility index (Phi) is 4.02. The molecule has 0 atom stereocenters. The number of rotatable bonds is 0. The summed E-state index contributed by atoms with van der Waals surface area (Å²) in [7, 11) is 0. The summed E-state index contributed by atoms with van der Waals surface area (Å²) in [5.74, 6) is -0.199. The Labute approximate surface area is 163 Å². The molecular weight excluding hydrogens is 344 g/mol. The van der Waals surface area contributed by atoms with E-state index in [1.807, 2.05) is 18.2 Å². The number of esters is 1. The van der Waals surface area contributed by atoms with Crippen molar-refractivity contribution in [2.45, 2.75) is 6.61 Å². The highest BCUT2D eigenvalue weighted by molar-refractivity contribution is 6.11. The molecule has 2 heteroatoms. The lowest BCUT2D eigenvalue weighted by atomic mass is 9.98. The van der Waals surface area contributed by atoms with Crippen molar-refractivity contribution in [1.82, 2.24) is 0 Å². The van der Waals surface area contributed by atoms with E-state index in [-0.39, 0.29) is 5.97 Å². The Morgan fingerprint density at radius 1 is 0.571 bits per heavy atom. The third-order valence-electron chi connectivity index (χ3n) is 5.21. The maximum Gasteiger partial charge on any atom is 0.338 e. The Balaban J connectivity index is 0.000000145. The number of fused-ring (bicyclic) bond motifs is 5. The Bertz CT molecular complexity index is 1330. The van der Waals surface area contributed by atoms with Gasteiger partial charge in [0.15, 0.2) is 0 Å². The summed E-state index contributed by atoms with van der Waals surface area (Å²) in [6, 6.07) is 33.5. The zero-order chi connectivity index (χ0) is 18.9. The lowest BCUT2D eigenvalue weighted by molar-refractivity contribution is 0.0535. The third-order valence-corrected chi connectivity index (χ3v) is 5.21. The molecule has 0 radical (unpaired) electrons. The first-order chi connectivity index (χ1) is 13.8. The van der Waals surface area contributed by atoms with E-state index >= 15 is 0 Å². The minimum Gasteiger partial charge on any atom is -0.457 e. The van der Waals surface area contributed by atoms with Crippen LogP contribution >= 0.6 is 0 Å². The van der Waals surface area contributed by atoms with Crippen molar-refractivity contribution >= 4 is 38.3 Å². The molecule has 28 heavy (non-hydrogen) atoms. The molecule has 0 aromatic heterocycles. The van der Waals surface area contributed by atoms with E-state index in [2.05, 4.69) is 72.8 Å². The number of carbonyl (C=O) groups is 1. The van der Waals surface area contributed by atoms with E-state index in [9.17, 15) is 4.79 Å². The molecule has 0 unspecified atom stereocenters. The van der Waals surface area contributed by atoms with Gasteiger partial charge < -0.3 is 4.74 Å². The molecule has 0 saturated carbocycles. The van der Waals surface area contributed by atoms with Crippen molar-refractivity contribution in [2.75, 3.05) is 0 Å². The van der Waals surface area contributed by atoms with Crippen LogP contribution in [0.3, 0.4) is 0 Å². The molecule has 134 valence electrons.